The second-order valence-electron chi connectivity index (χ2n) is 8.05. The Labute approximate surface area is 190 Å². The van der Waals surface area contributed by atoms with Gasteiger partial charge >= 0.3 is 0 Å². The van der Waals surface area contributed by atoms with E-state index in [1.807, 2.05) is 30.3 Å². The summed E-state index contributed by atoms with van der Waals surface area (Å²) in [5, 5.41) is 23.3. The van der Waals surface area contributed by atoms with Gasteiger partial charge in [-0.15, -0.1) is 0 Å². The average molecular weight is 446 g/mol. The van der Waals surface area contributed by atoms with Crippen molar-refractivity contribution in [3.63, 3.8) is 0 Å². The maximum absolute atomic E-state index is 10.3. The van der Waals surface area contributed by atoms with Crippen LogP contribution >= 0.6 is 0 Å². The van der Waals surface area contributed by atoms with E-state index < -0.39 is 6.10 Å². The first-order valence-corrected chi connectivity index (χ1v) is 11.3. The molecule has 1 aromatic carbocycles. The number of benzene rings is 1. The van der Waals surface area contributed by atoms with Crippen LogP contribution in [0.3, 0.4) is 0 Å². The highest BCUT2D eigenvalue weighted by Gasteiger charge is 2.20. The van der Waals surface area contributed by atoms with Crippen LogP contribution in [0, 0.1) is 0 Å². The SMILES string of the molecule is COc1cc(CNCCCOc2cccnc2)ccc1OCC(O)CN1CCC(O)CC1. The van der Waals surface area contributed by atoms with Crippen molar-refractivity contribution in [1.29, 1.82) is 0 Å². The molecular formula is C24H35N3O5. The summed E-state index contributed by atoms with van der Waals surface area (Å²) in [6.07, 6.45) is 5.04. The minimum absolute atomic E-state index is 0.198. The molecule has 1 fully saturated rings. The zero-order valence-corrected chi connectivity index (χ0v) is 18.8. The Bertz CT molecular complexity index is 784. The van der Waals surface area contributed by atoms with Gasteiger partial charge in [0.2, 0.25) is 0 Å². The van der Waals surface area contributed by atoms with Crippen LogP contribution in [-0.2, 0) is 6.54 Å². The van der Waals surface area contributed by atoms with Crippen LogP contribution in [0.25, 0.3) is 0 Å². The molecule has 8 heteroatoms. The van der Waals surface area contributed by atoms with Crippen molar-refractivity contribution >= 4 is 0 Å². The number of hydrogen-bond acceptors (Lipinski definition) is 8. The molecule has 176 valence electrons. The Hall–Kier alpha value is -2.39. The molecule has 1 saturated heterocycles. The highest BCUT2D eigenvalue weighted by atomic mass is 16.5. The van der Waals surface area contributed by atoms with Crippen LogP contribution in [0.5, 0.6) is 17.2 Å². The maximum Gasteiger partial charge on any atom is 0.161 e. The monoisotopic (exact) mass is 445 g/mol. The van der Waals surface area contributed by atoms with Crippen LogP contribution in [0.4, 0.5) is 0 Å². The van der Waals surface area contributed by atoms with Gasteiger partial charge < -0.3 is 34.6 Å². The summed E-state index contributed by atoms with van der Waals surface area (Å²) < 4.78 is 16.9. The molecule has 1 aliphatic heterocycles. The molecule has 1 aromatic heterocycles. The third kappa shape index (κ3) is 8.27. The third-order valence-corrected chi connectivity index (χ3v) is 5.42. The molecule has 0 spiro atoms. The molecule has 3 N–H and O–H groups in total. The van der Waals surface area contributed by atoms with Crippen LogP contribution in [0.15, 0.2) is 42.7 Å². The minimum Gasteiger partial charge on any atom is -0.493 e. The molecule has 3 rings (SSSR count). The highest BCUT2D eigenvalue weighted by Crippen LogP contribution is 2.28. The summed E-state index contributed by atoms with van der Waals surface area (Å²) in [4.78, 5) is 6.19. The lowest BCUT2D eigenvalue weighted by molar-refractivity contribution is 0.0333. The number of aromatic nitrogens is 1. The molecular weight excluding hydrogens is 410 g/mol. The molecule has 2 heterocycles. The fraction of sp³-hybridized carbons (Fsp3) is 0.542. The average Bonchev–Trinajstić information content (AvgIpc) is 2.82. The Morgan fingerprint density at radius 3 is 2.78 bits per heavy atom. The van der Waals surface area contributed by atoms with Gasteiger partial charge in [0.15, 0.2) is 11.5 Å². The van der Waals surface area contributed by atoms with Gasteiger partial charge in [0, 0.05) is 32.4 Å². The van der Waals surface area contributed by atoms with Gasteiger partial charge in [-0.2, -0.15) is 0 Å². The Kier molecular flexibility index (Phi) is 10.0. The summed E-state index contributed by atoms with van der Waals surface area (Å²) in [5.41, 5.74) is 1.09. The Balaban J connectivity index is 1.35. The number of hydrogen-bond donors (Lipinski definition) is 3. The lowest BCUT2D eigenvalue weighted by Gasteiger charge is -2.30. The number of methoxy groups -OCH3 is 1. The maximum atomic E-state index is 10.3. The van der Waals surface area contributed by atoms with Crippen molar-refractivity contribution < 1.29 is 24.4 Å². The topological polar surface area (TPSA) is 96.3 Å². The number of piperidine rings is 1. The Morgan fingerprint density at radius 1 is 1.19 bits per heavy atom. The standard InChI is InChI=1S/C24H35N3O5/c1-30-24-14-19(15-25-10-3-13-31-22-4-2-9-26-16-22)5-6-23(24)32-18-21(29)17-27-11-7-20(28)8-12-27/h2,4-6,9,14,16,20-21,25,28-29H,3,7-8,10-13,15,17-18H2,1H3. The number of aliphatic hydroxyl groups excluding tert-OH is 2. The van der Waals surface area contributed by atoms with E-state index >= 15 is 0 Å². The van der Waals surface area contributed by atoms with Gasteiger partial charge in [-0.25, -0.2) is 0 Å². The van der Waals surface area contributed by atoms with Gasteiger partial charge in [0.05, 0.1) is 26.0 Å². The second kappa shape index (κ2) is 13.2. The molecule has 2 aromatic rings. The van der Waals surface area contributed by atoms with E-state index in [-0.39, 0.29) is 12.7 Å². The van der Waals surface area contributed by atoms with Crippen molar-refractivity contribution in [1.82, 2.24) is 15.2 Å². The molecule has 0 saturated carbocycles. The molecule has 0 bridgehead atoms. The van der Waals surface area contributed by atoms with E-state index in [1.54, 1.807) is 19.5 Å². The zero-order chi connectivity index (χ0) is 22.6. The lowest BCUT2D eigenvalue weighted by atomic mass is 10.1. The molecule has 0 aliphatic carbocycles. The van der Waals surface area contributed by atoms with Crippen molar-refractivity contribution in [2.75, 3.05) is 46.5 Å². The summed E-state index contributed by atoms with van der Waals surface area (Å²) in [7, 11) is 1.62. The minimum atomic E-state index is -0.592. The van der Waals surface area contributed by atoms with Crippen molar-refractivity contribution in [3.8, 4) is 17.2 Å². The van der Waals surface area contributed by atoms with Crippen LogP contribution in [-0.4, -0.2) is 78.8 Å². The predicted octanol–water partition coefficient (Wildman–Crippen LogP) is 1.85. The number of rotatable bonds is 13. The number of pyridine rings is 1. The van der Waals surface area contributed by atoms with Gasteiger partial charge in [-0.3, -0.25) is 4.98 Å². The van der Waals surface area contributed by atoms with Crippen molar-refractivity contribution in [2.24, 2.45) is 0 Å². The van der Waals surface area contributed by atoms with Gasteiger partial charge in [0.25, 0.3) is 0 Å². The van der Waals surface area contributed by atoms with Crippen molar-refractivity contribution in [2.45, 2.75) is 38.0 Å². The summed E-state index contributed by atoms with van der Waals surface area (Å²) in [6, 6.07) is 9.58. The van der Waals surface area contributed by atoms with Crippen LogP contribution in [0.2, 0.25) is 0 Å². The Morgan fingerprint density at radius 2 is 2.03 bits per heavy atom. The fourth-order valence-corrected chi connectivity index (χ4v) is 3.63. The smallest absolute Gasteiger partial charge is 0.161 e. The molecule has 1 unspecified atom stereocenters. The van der Waals surface area contributed by atoms with Crippen LogP contribution < -0.4 is 19.5 Å². The largest absolute Gasteiger partial charge is 0.493 e. The van der Waals surface area contributed by atoms with Crippen LogP contribution in [0.1, 0.15) is 24.8 Å². The molecule has 0 amide bonds. The first kappa shape index (κ1) is 24.3. The summed E-state index contributed by atoms with van der Waals surface area (Å²) in [5.74, 6) is 2.06. The number of β-amino-alcohol motifs (C(OH)–C–C–N with tert-alkyl or cyclic N) is 1. The predicted molar refractivity (Wildman–Crippen MR) is 122 cm³/mol. The van der Waals surface area contributed by atoms with Gasteiger partial charge in [-0.05, 0) is 55.6 Å². The van der Waals surface area contributed by atoms with Crippen molar-refractivity contribution in [3.05, 3.63) is 48.3 Å². The second-order valence-corrected chi connectivity index (χ2v) is 8.05. The molecule has 0 radical (unpaired) electrons. The first-order chi connectivity index (χ1) is 15.6. The fourth-order valence-electron chi connectivity index (χ4n) is 3.63. The van der Waals surface area contributed by atoms with E-state index in [0.29, 0.717) is 31.2 Å². The zero-order valence-electron chi connectivity index (χ0n) is 18.8. The molecule has 8 nitrogen and oxygen atoms in total. The lowest BCUT2D eigenvalue weighted by Crippen LogP contribution is -2.41. The number of ether oxygens (including phenoxy) is 3. The summed E-state index contributed by atoms with van der Waals surface area (Å²) >= 11 is 0. The van der Waals surface area contributed by atoms with Gasteiger partial charge in [0.1, 0.15) is 18.5 Å². The van der Waals surface area contributed by atoms with E-state index in [2.05, 4.69) is 15.2 Å². The quantitative estimate of drug-likeness (QED) is 0.402. The van der Waals surface area contributed by atoms with Gasteiger partial charge in [-0.1, -0.05) is 6.07 Å². The molecule has 1 aliphatic rings. The molecule has 32 heavy (non-hydrogen) atoms. The third-order valence-electron chi connectivity index (χ3n) is 5.42. The highest BCUT2D eigenvalue weighted by molar-refractivity contribution is 5.43. The first-order valence-electron chi connectivity index (χ1n) is 11.3. The van der Waals surface area contributed by atoms with E-state index in [1.165, 1.54) is 0 Å². The number of nitrogens with zero attached hydrogens (tertiary/aromatic N) is 2. The number of nitrogens with one attached hydrogen (secondary N) is 1. The van der Waals surface area contributed by atoms with E-state index in [0.717, 1.165) is 50.2 Å². The molecule has 1 atom stereocenters. The van der Waals surface area contributed by atoms with E-state index in [4.69, 9.17) is 14.2 Å². The summed E-state index contributed by atoms with van der Waals surface area (Å²) in [6.45, 7) is 4.53. The van der Waals surface area contributed by atoms with E-state index in [9.17, 15) is 10.2 Å². The number of aliphatic hydroxyl groups is 2. The number of likely N-dealkylation sites (tertiary alicyclic amines) is 1. The normalized spacial score (nSPS) is 16.0.